The zero-order valence-corrected chi connectivity index (χ0v) is 8.37. The lowest BCUT2D eigenvalue weighted by Crippen LogP contribution is -1.97. The van der Waals surface area contributed by atoms with Crippen molar-refractivity contribution in [1.82, 2.24) is 14.8 Å². The molecular formula is C9H10N4S. The first kappa shape index (κ1) is 8.96. The number of aromatic nitrogens is 3. The fourth-order valence-electron chi connectivity index (χ4n) is 1.06. The van der Waals surface area contributed by atoms with Gasteiger partial charge in [0, 0.05) is 36.1 Å². The molecule has 0 amide bonds. The van der Waals surface area contributed by atoms with Gasteiger partial charge in [0.25, 0.3) is 0 Å². The maximum Gasteiger partial charge on any atom is 0.182 e. The van der Waals surface area contributed by atoms with Crippen molar-refractivity contribution in [2.24, 2.45) is 0 Å². The molecule has 2 aromatic heterocycles. The Morgan fingerprint density at radius 3 is 3.21 bits per heavy atom. The molecule has 0 aliphatic heterocycles. The molecule has 1 N–H and O–H groups in total. The van der Waals surface area contributed by atoms with Gasteiger partial charge < -0.3 is 5.32 Å². The molecule has 2 rings (SSSR count). The lowest BCUT2D eigenvalue weighted by molar-refractivity contribution is 0.936. The minimum Gasteiger partial charge on any atom is -0.357 e. The molecule has 0 spiro atoms. The number of thiazole rings is 1. The van der Waals surface area contributed by atoms with Crippen LogP contribution in [0.25, 0.3) is 6.20 Å². The Labute approximate surface area is 85.9 Å². The van der Waals surface area contributed by atoms with Crippen molar-refractivity contribution in [3.63, 3.8) is 0 Å². The van der Waals surface area contributed by atoms with E-state index in [2.05, 4.69) is 22.0 Å². The van der Waals surface area contributed by atoms with Crippen molar-refractivity contribution in [2.45, 2.75) is 6.54 Å². The lowest BCUT2D eigenvalue weighted by Gasteiger charge is -1.97. The minimum absolute atomic E-state index is 0.737. The van der Waals surface area contributed by atoms with Crippen LogP contribution in [0.2, 0.25) is 0 Å². The van der Waals surface area contributed by atoms with Crippen LogP contribution < -0.4 is 5.32 Å². The molecule has 0 aromatic carbocycles. The Balaban J connectivity index is 1.95. The second kappa shape index (κ2) is 4.06. The molecule has 0 aliphatic carbocycles. The van der Waals surface area contributed by atoms with Crippen LogP contribution in [0.5, 0.6) is 0 Å². The van der Waals surface area contributed by atoms with E-state index in [9.17, 15) is 0 Å². The SMILES string of the molecule is C=Cn1cc(CNc2nccs2)cn1. The van der Waals surface area contributed by atoms with Gasteiger partial charge >= 0.3 is 0 Å². The van der Waals surface area contributed by atoms with Gasteiger partial charge in [-0.15, -0.1) is 11.3 Å². The topological polar surface area (TPSA) is 42.7 Å². The number of nitrogens with zero attached hydrogens (tertiary/aromatic N) is 3. The molecule has 0 radical (unpaired) electrons. The second-order valence-electron chi connectivity index (χ2n) is 2.70. The van der Waals surface area contributed by atoms with Crippen molar-refractivity contribution in [3.05, 3.63) is 36.1 Å². The van der Waals surface area contributed by atoms with Gasteiger partial charge in [0.05, 0.1) is 6.20 Å². The normalized spacial score (nSPS) is 10.0. The summed E-state index contributed by atoms with van der Waals surface area (Å²) >= 11 is 1.59. The molecule has 0 unspecified atom stereocenters. The van der Waals surface area contributed by atoms with Gasteiger partial charge in [-0.25, -0.2) is 9.67 Å². The second-order valence-corrected chi connectivity index (χ2v) is 3.60. The molecule has 0 atom stereocenters. The Bertz CT molecular complexity index is 404. The van der Waals surface area contributed by atoms with Crippen molar-refractivity contribution in [2.75, 3.05) is 5.32 Å². The van der Waals surface area contributed by atoms with Gasteiger partial charge in [-0.1, -0.05) is 6.58 Å². The maximum atomic E-state index is 4.12. The number of hydrogen-bond acceptors (Lipinski definition) is 4. The predicted molar refractivity (Wildman–Crippen MR) is 58.1 cm³/mol. The van der Waals surface area contributed by atoms with Crippen LogP contribution in [-0.4, -0.2) is 14.8 Å². The summed E-state index contributed by atoms with van der Waals surface area (Å²) in [6, 6.07) is 0. The third-order valence-corrected chi connectivity index (χ3v) is 2.45. The Hall–Kier alpha value is -1.62. The summed E-state index contributed by atoms with van der Waals surface area (Å²) in [5.74, 6) is 0. The average Bonchev–Trinajstić information content (AvgIpc) is 2.86. The van der Waals surface area contributed by atoms with Crippen molar-refractivity contribution < 1.29 is 0 Å². The molecule has 72 valence electrons. The first-order chi connectivity index (χ1) is 6.88. The zero-order chi connectivity index (χ0) is 9.80. The highest BCUT2D eigenvalue weighted by Gasteiger charge is 1.97. The summed E-state index contributed by atoms with van der Waals surface area (Å²) in [6.07, 6.45) is 7.17. The molecule has 5 heteroatoms. The van der Waals surface area contributed by atoms with Crippen LogP contribution >= 0.6 is 11.3 Å². The van der Waals surface area contributed by atoms with E-state index in [1.54, 1.807) is 28.4 Å². The molecule has 2 aromatic rings. The van der Waals surface area contributed by atoms with Crippen LogP contribution in [0.15, 0.2) is 30.5 Å². The highest BCUT2D eigenvalue weighted by atomic mass is 32.1. The molecule has 2 heterocycles. The van der Waals surface area contributed by atoms with E-state index in [4.69, 9.17) is 0 Å². The van der Waals surface area contributed by atoms with Gasteiger partial charge in [-0.3, -0.25) is 0 Å². The standard InChI is InChI=1S/C9H10N4S/c1-2-13-7-8(6-12-13)5-11-9-10-3-4-14-9/h2-4,6-7H,1,5H2,(H,10,11). The molecular weight excluding hydrogens is 196 g/mol. The van der Waals surface area contributed by atoms with Crippen molar-refractivity contribution in [3.8, 4) is 0 Å². The minimum atomic E-state index is 0.737. The maximum absolute atomic E-state index is 4.12. The molecule has 4 nitrogen and oxygen atoms in total. The van der Waals surface area contributed by atoms with E-state index in [1.807, 2.05) is 17.8 Å². The molecule has 0 saturated heterocycles. The highest BCUT2D eigenvalue weighted by molar-refractivity contribution is 7.13. The summed E-state index contributed by atoms with van der Waals surface area (Å²) in [4.78, 5) is 4.12. The molecule has 0 saturated carbocycles. The summed E-state index contributed by atoms with van der Waals surface area (Å²) in [7, 11) is 0. The fraction of sp³-hybridized carbons (Fsp3) is 0.111. The fourth-order valence-corrected chi connectivity index (χ4v) is 1.58. The van der Waals surface area contributed by atoms with Crippen LogP contribution in [0.3, 0.4) is 0 Å². The first-order valence-electron chi connectivity index (χ1n) is 4.17. The predicted octanol–water partition coefficient (Wildman–Crippen LogP) is 2.05. The van der Waals surface area contributed by atoms with E-state index in [-0.39, 0.29) is 0 Å². The van der Waals surface area contributed by atoms with Crippen LogP contribution in [0.1, 0.15) is 5.56 Å². The van der Waals surface area contributed by atoms with E-state index in [0.29, 0.717) is 0 Å². The lowest BCUT2D eigenvalue weighted by atomic mass is 10.4. The van der Waals surface area contributed by atoms with Gasteiger partial charge in [-0.2, -0.15) is 5.10 Å². The largest absolute Gasteiger partial charge is 0.357 e. The van der Waals surface area contributed by atoms with E-state index in [1.165, 1.54) is 0 Å². The van der Waals surface area contributed by atoms with E-state index in [0.717, 1.165) is 17.2 Å². The van der Waals surface area contributed by atoms with Gasteiger partial charge in [0.15, 0.2) is 5.13 Å². The average molecular weight is 206 g/mol. The van der Waals surface area contributed by atoms with E-state index >= 15 is 0 Å². The summed E-state index contributed by atoms with van der Waals surface area (Å²) in [5, 5.41) is 10.1. The number of rotatable bonds is 4. The van der Waals surface area contributed by atoms with Gasteiger partial charge in [0.2, 0.25) is 0 Å². The smallest absolute Gasteiger partial charge is 0.182 e. The third kappa shape index (κ3) is 2.00. The molecule has 0 aliphatic rings. The van der Waals surface area contributed by atoms with Crippen LogP contribution in [0.4, 0.5) is 5.13 Å². The third-order valence-electron chi connectivity index (χ3n) is 1.72. The molecule has 0 bridgehead atoms. The number of anilines is 1. The Kier molecular flexibility index (Phi) is 2.60. The summed E-state index contributed by atoms with van der Waals surface area (Å²) < 4.78 is 1.68. The molecule has 0 fully saturated rings. The number of hydrogen-bond donors (Lipinski definition) is 1. The van der Waals surface area contributed by atoms with Gasteiger partial charge in [-0.05, 0) is 0 Å². The zero-order valence-electron chi connectivity index (χ0n) is 7.55. The highest BCUT2D eigenvalue weighted by Crippen LogP contribution is 2.11. The van der Waals surface area contributed by atoms with Gasteiger partial charge in [0.1, 0.15) is 0 Å². The van der Waals surface area contributed by atoms with E-state index < -0.39 is 0 Å². The molecule has 14 heavy (non-hydrogen) atoms. The van der Waals surface area contributed by atoms with Crippen molar-refractivity contribution >= 4 is 22.7 Å². The summed E-state index contributed by atoms with van der Waals surface area (Å²) in [5.41, 5.74) is 1.11. The Morgan fingerprint density at radius 1 is 1.64 bits per heavy atom. The van der Waals surface area contributed by atoms with Crippen molar-refractivity contribution in [1.29, 1.82) is 0 Å². The van der Waals surface area contributed by atoms with Crippen LogP contribution in [0, 0.1) is 0 Å². The Morgan fingerprint density at radius 2 is 2.57 bits per heavy atom. The summed E-state index contributed by atoms with van der Waals surface area (Å²) in [6.45, 7) is 4.36. The van der Waals surface area contributed by atoms with Crippen LogP contribution in [-0.2, 0) is 6.54 Å². The number of nitrogens with one attached hydrogen (secondary N) is 1. The quantitative estimate of drug-likeness (QED) is 0.832. The monoisotopic (exact) mass is 206 g/mol. The first-order valence-corrected chi connectivity index (χ1v) is 5.05.